The van der Waals surface area contributed by atoms with Crippen molar-refractivity contribution in [2.45, 2.75) is 25.2 Å². The Kier molecular flexibility index (Phi) is 1.84. The smallest absolute Gasteiger partial charge is 0.140 e. The van der Waals surface area contributed by atoms with Gasteiger partial charge in [0.25, 0.3) is 0 Å². The van der Waals surface area contributed by atoms with Crippen LogP contribution in [-0.4, -0.2) is 10.9 Å². The maximum atomic E-state index is 13.4. The lowest BCUT2D eigenvalue weighted by Gasteiger charge is -2.12. The Labute approximate surface area is 81.4 Å². The standard InChI is InChI=1S/C11H11FO2/c1-7(13)11(4-5-11)9-3-2-8(14)6-10(9)12/h2-3,6,14H,4-5H2,1H3. The Morgan fingerprint density at radius 2 is 2.14 bits per heavy atom. The molecule has 0 bridgehead atoms. The van der Waals surface area contributed by atoms with E-state index in [0.717, 1.165) is 6.07 Å². The molecule has 0 atom stereocenters. The second kappa shape index (κ2) is 2.80. The van der Waals surface area contributed by atoms with Gasteiger partial charge in [0.1, 0.15) is 17.3 Å². The van der Waals surface area contributed by atoms with Crippen molar-refractivity contribution in [2.24, 2.45) is 0 Å². The molecule has 2 nitrogen and oxygen atoms in total. The minimum absolute atomic E-state index is 0.00193. The van der Waals surface area contributed by atoms with Crippen LogP contribution >= 0.6 is 0 Å². The van der Waals surface area contributed by atoms with Gasteiger partial charge in [0.15, 0.2) is 0 Å². The van der Waals surface area contributed by atoms with Gasteiger partial charge in [-0.2, -0.15) is 0 Å². The first-order chi connectivity index (χ1) is 6.56. The fraction of sp³-hybridized carbons (Fsp3) is 0.364. The fourth-order valence-electron chi connectivity index (χ4n) is 1.83. The van der Waals surface area contributed by atoms with E-state index in [2.05, 4.69) is 0 Å². The molecule has 1 aliphatic rings. The summed E-state index contributed by atoms with van der Waals surface area (Å²) in [6, 6.07) is 3.97. The average Bonchev–Trinajstić information content (AvgIpc) is 2.84. The molecule has 0 amide bonds. The maximum absolute atomic E-state index is 13.4. The number of Topliss-reactive ketones (excluding diaryl/α,β-unsaturated/α-hetero) is 1. The van der Waals surface area contributed by atoms with Crippen LogP contribution in [0, 0.1) is 5.82 Å². The quantitative estimate of drug-likeness (QED) is 0.783. The van der Waals surface area contributed by atoms with Gasteiger partial charge in [-0.3, -0.25) is 4.79 Å². The van der Waals surface area contributed by atoms with Crippen molar-refractivity contribution >= 4 is 5.78 Å². The number of carbonyl (C=O) groups excluding carboxylic acids is 1. The molecule has 1 aromatic rings. The molecule has 0 aliphatic heterocycles. The van der Waals surface area contributed by atoms with Gasteiger partial charge in [-0.05, 0) is 25.8 Å². The van der Waals surface area contributed by atoms with E-state index in [1.165, 1.54) is 19.1 Å². The molecular formula is C11H11FO2. The Bertz CT molecular complexity index is 394. The summed E-state index contributed by atoms with van der Waals surface area (Å²) in [5.74, 6) is -0.592. The van der Waals surface area contributed by atoms with Crippen LogP contribution in [0.4, 0.5) is 4.39 Å². The van der Waals surface area contributed by atoms with Crippen LogP contribution in [-0.2, 0) is 10.2 Å². The number of phenols is 1. The van der Waals surface area contributed by atoms with E-state index in [1.54, 1.807) is 0 Å². The summed E-state index contributed by atoms with van der Waals surface area (Å²) in [7, 11) is 0. The summed E-state index contributed by atoms with van der Waals surface area (Å²) < 4.78 is 13.4. The van der Waals surface area contributed by atoms with Crippen LogP contribution in [0.3, 0.4) is 0 Å². The Morgan fingerprint density at radius 3 is 2.57 bits per heavy atom. The number of hydrogen-bond donors (Lipinski definition) is 1. The summed E-state index contributed by atoms with van der Waals surface area (Å²) in [6.45, 7) is 1.49. The third-order valence-electron chi connectivity index (χ3n) is 2.89. The fourth-order valence-corrected chi connectivity index (χ4v) is 1.83. The molecule has 1 aliphatic carbocycles. The average molecular weight is 194 g/mol. The summed E-state index contributed by atoms with van der Waals surface area (Å²) >= 11 is 0. The Balaban J connectivity index is 2.47. The molecule has 0 aromatic heterocycles. The Hall–Kier alpha value is -1.38. The topological polar surface area (TPSA) is 37.3 Å². The normalized spacial score (nSPS) is 17.9. The predicted octanol–water partition coefficient (Wildman–Crippen LogP) is 2.15. The summed E-state index contributed by atoms with van der Waals surface area (Å²) in [6.07, 6.45) is 1.42. The van der Waals surface area contributed by atoms with Crippen molar-refractivity contribution < 1.29 is 14.3 Å². The highest BCUT2D eigenvalue weighted by molar-refractivity contribution is 5.91. The lowest BCUT2D eigenvalue weighted by Crippen LogP contribution is -2.18. The van der Waals surface area contributed by atoms with Gasteiger partial charge in [0.2, 0.25) is 0 Å². The number of rotatable bonds is 2. The number of phenolic OH excluding ortho intramolecular Hbond substituents is 1. The van der Waals surface area contributed by atoms with E-state index < -0.39 is 11.2 Å². The highest BCUT2D eigenvalue weighted by Crippen LogP contribution is 2.50. The highest BCUT2D eigenvalue weighted by Gasteiger charge is 2.50. The zero-order valence-electron chi connectivity index (χ0n) is 7.88. The predicted molar refractivity (Wildman–Crippen MR) is 49.7 cm³/mol. The molecule has 1 saturated carbocycles. The van der Waals surface area contributed by atoms with Crippen molar-refractivity contribution in [2.75, 3.05) is 0 Å². The number of ketones is 1. The van der Waals surface area contributed by atoms with Gasteiger partial charge < -0.3 is 5.11 Å². The lowest BCUT2D eigenvalue weighted by molar-refractivity contribution is -0.119. The second-order valence-electron chi connectivity index (χ2n) is 3.80. The van der Waals surface area contributed by atoms with Crippen LogP contribution in [0.5, 0.6) is 5.75 Å². The lowest BCUT2D eigenvalue weighted by atomic mass is 9.91. The minimum Gasteiger partial charge on any atom is -0.508 e. The summed E-state index contributed by atoms with van der Waals surface area (Å²) in [4.78, 5) is 11.3. The molecule has 1 N–H and O–H groups in total. The van der Waals surface area contributed by atoms with Gasteiger partial charge >= 0.3 is 0 Å². The van der Waals surface area contributed by atoms with Crippen LogP contribution in [0.25, 0.3) is 0 Å². The highest BCUT2D eigenvalue weighted by atomic mass is 19.1. The molecule has 0 heterocycles. The molecular weight excluding hydrogens is 183 g/mol. The van der Waals surface area contributed by atoms with Gasteiger partial charge in [-0.25, -0.2) is 4.39 Å². The summed E-state index contributed by atoms with van der Waals surface area (Å²) in [5.41, 5.74) is -0.180. The third-order valence-corrected chi connectivity index (χ3v) is 2.89. The number of benzene rings is 1. The van der Waals surface area contributed by atoms with Gasteiger partial charge in [-0.15, -0.1) is 0 Å². The van der Waals surface area contributed by atoms with Crippen molar-refractivity contribution in [1.29, 1.82) is 0 Å². The van der Waals surface area contributed by atoms with Crippen molar-refractivity contribution in [1.82, 2.24) is 0 Å². The zero-order valence-corrected chi connectivity index (χ0v) is 7.88. The first kappa shape index (κ1) is 9.19. The second-order valence-corrected chi connectivity index (χ2v) is 3.80. The van der Waals surface area contributed by atoms with E-state index in [1.807, 2.05) is 0 Å². The van der Waals surface area contributed by atoms with Crippen molar-refractivity contribution in [3.63, 3.8) is 0 Å². The molecule has 2 rings (SSSR count). The van der Waals surface area contributed by atoms with Crippen LogP contribution in [0.15, 0.2) is 18.2 Å². The zero-order chi connectivity index (χ0) is 10.3. The molecule has 74 valence electrons. The van der Waals surface area contributed by atoms with Gasteiger partial charge in [-0.1, -0.05) is 6.07 Å². The van der Waals surface area contributed by atoms with E-state index >= 15 is 0 Å². The SMILES string of the molecule is CC(=O)C1(c2ccc(O)cc2F)CC1. The van der Waals surface area contributed by atoms with E-state index in [-0.39, 0.29) is 11.5 Å². The summed E-state index contributed by atoms with van der Waals surface area (Å²) in [5, 5.41) is 9.04. The first-order valence-corrected chi connectivity index (χ1v) is 4.56. The van der Waals surface area contributed by atoms with E-state index in [9.17, 15) is 9.18 Å². The molecule has 3 heteroatoms. The van der Waals surface area contributed by atoms with Crippen molar-refractivity contribution in [3.8, 4) is 5.75 Å². The van der Waals surface area contributed by atoms with Gasteiger partial charge in [0, 0.05) is 11.6 Å². The maximum Gasteiger partial charge on any atom is 0.140 e. The molecule has 14 heavy (non-hydrogen) atoms. The van der Waals surface area contributed by atoms with Crippen LogP contribution in [0.2, 0.25) is 0 Å². The van der Waals surface area contributed by atoms with E-state index in [4.69, 9.17) is 5.11 Å². The van der Waals surface area contributed by atoms with E-state index in [0.29, 0.717) is 18.4 Å². The number of carbonyl (C=O) groups is 1. The number of hydrogen-bond acceptors (Lipinski definition) is 2. The molecule has 1 fully saturated rings. The number of aromatic hydroxyl groups is 1. The minimum atomic E-state index is -0.599. The van der Waals surface area contributed by atoms with Crippen LogP contribution < -0.4 is 0 Å². The molecule has 0 saturated heterocycles. The largest absolute Gasteiger partial charge is 0.508 e. The monoisotopic (exact) mass is 194 g/mol. The van der Waals surface area contributed by atoms with Gasteiger partial charge in [0.05, 0.1) is 5.41 Å². The van der Waals surface area contributed by atoms with Crippen molar-refractivity contribution in [3.05, 3.63) is 29.6 Å². The Morgan fingerprint density at radius 1 is 1.50 bits per heavy atom. The van der Waals surface area contributed by atoms with Crippen LogP contribution in [0.1, 0.15) is 25.3 Å². The molecule has 0 unspecified atom stereocenters. The third kappa shape index (κ3) is 1.20. The molecule has 0 spiro atoms. The number of halogens is 1. The first-order valence-electron chi connectivity index (χ1n) is 4.56. The molecule has 1 aromatic carbocycles. The molecule has 0 radical (unpaired) electrons.